The van der Waals surface area contributed by atoms with Crippen molar-refractivity contribution in [3.8, 4) is 0 Å². The van der Waals surface area contributed by atoms with Crippen LogP contribution in [0, 0.1) is 0 Å². The summed E-state index contributed by atoms with van der Waals surface area (Å²) in [5.41, 5.74) is 0.510. The molecule has 1 N–H and O–H groups in total. The Kier molecular flexibility index (Phi) is 3.65. The molecule has 2 aromatic carbocycles. The Morgan fingerprint density at radius 3 is 2.67 bits per heavy atom. The third kappa shape index (κ3) is 2.91. The van der Waals surface area contributed by atoms with Gasteiger partial charge in [-0.1, -0.05) is 34.1 Å². The molecule has 0 saturated heterocycles. The minimum Gasteiger partial charge on any atom is -0.280 e. The molecule has 0 fully saturated rings. The van der Waals surface area contributed by atoms with E-state index in [4.69, 9.17) is 0 Å². The quantitative estimate of drug-likeness (QED) is 0.770. The number of anilines is 1. The van der Waals surface area contributed by atoms with Crippen molar-refractivity contribution in [3.63, 3.8) is 0 Å². The molecule has 0 amide bonds. The number of rotatable bonds is 3. The molecule has 1 heterocycles. The molecule has 3 aromatic rings. The standard InChI is InChI=1S/C15H11BrN2O2S/c16-12-4-2-5-13(9-12)18-21(19,20)15-6-1-3-11-10-17-8-7-14(11)15/h1-10,18H. The fourth-order valence-electron chi connectivity index (χ4n) is 2.09. The van der Waals surface area contributed by atoms with E-state index in [-0.39, 0.29) is 4.90 Å². The first kappa shape index (κ1) is 14.0. The second kappa shape index (κ2) is 5.46. The third-order valence-corrected chi connectivity index (χ3v) is 4.94. The predicted molar refractivity (Wildman–Crippen MR) is 86.7 cm³/mol. The summed E-state index contributed by atoms with van der Waals surface area (Å²) in [5, 5.41) is 1.43. The minimum atomic E-state index is -3.66. The zero-order chi connectivity index (χ0) is 14.9. The Morgan fingerprint density at radius 1 is 1.05 bits per heavy atom. The Balaban J connectivity index is 2.09. The van der Waals surface area contributed by atoms with Gasteiger partial charge in [-0.15, -0.1) is 0 Å². The number of sulfonamides is 1. The lowest BCUT2D eigenvalue weighted by Gasteiger charge is -2.10. The summed E-state index contributed by atoms with van der Waals surface area (Å²) < 4.78 is 28.6. The number of pyridine rings is 1. The SMILES string of the molecule is O=S(=O)(Nc1cccc(Br)c1)c1cccc2cnccc12. The Hall–Kier alpha value is -1.92. The second-order valence-corrected chi connectivity index (χ2v) is 7.04. The summed E-state index contributed by atoms with van der Waals surface area (Å²) in [6.45, 7) is 0. The summed E-state index contributed by atoms with van der Waals surface area (Å²) in [5.74, 6) is 0. The number of hydrogen-bond donors (Lipinski definition) is 1. The first-order chi connectivity index (χ1) is 10.1. The number of aromatic nitrogens is 1. The molecule has 6 heteroatoms. The summed E-state index contributed by atoms with van der Waals surface area (Å²) in [4.78, 5) is 4.25. The number of benzene rings is 2. The maximum Gasteiger partial charge on any atom is 0.262 e. The molecule has 0 saturated carbocycles. The number of halogens is 1. The maximum absolute atomic E-state index is 12.6. The van der Waals surface area contributed by atoms with Crippen LogP contribution in [0.2, 0.25) is 0 Å². The molecule has 0 aliphatic rings. The van der Waals surface area contributed by atoms with E-state index in [1.807, 2.05) is 12.1 Å². The number of nitrogens with zero attached hydrogens (tertiary/aromatic N) is 1. The molecular weight excluding hydrogens is 352 g/mol. The zero-order valence-electron chi connectivity index (χ0n) is 10.8. The Bertz CT molecular complexity index is 905. The molecule has 0 aliphatic carbocycles. The van der Waals surface area contributed by atoms with Gasteiger partial charge in [0.1, 0.15) is 0 Å². The van der Waals surface area contributed by atoms with Crippen LogP contribution in [0.1, 0.15) is 0 Å². The van der Waals surface area contributed by atoms with Crippen LogP contribution in [0.15, 0.2) is 70.3 Å². The molecule has 4 nitrogen and oxygen atoms in total. The van der Waals surface area contributed by atoms with Crippen molar-refractivity contribution in [3.05, 3.63) is 65.4 Å². The van der Waals surface area contributed by atoms with E-state index < -0.39 is 10.0 Å². The summed E-state index contributed by atoms with van der Waals surface area (Å²) in [7, 11) is -3.66. The topological polar surface area (TPSA) is 59.1 Å². The van der Waals surface area contributed by atoms with E-state index >= 15 is 0 Å². The molecule has 0 atom stereocenters. The fourth-order valence-corrected chi connectivity index (χ4v) is 3.77. The van der Waals surface area contributed by atoms with Gasteiger partial charge in [-0.2, -0.15) is 0 Å². The van der Waals surface area contributed by atoms with E-state index in [1.165, 1.54) is 0 Å². The van der Waals surface area contributed by atoms with Crippen molar-refractivity contribution < 1.29 is 8.42 Å². The lowest BCUT2D eigenvalue weighted by molar-refractivity contribution is 0.602. The number of nitrogens with one attached hydrogen (secondary N) is 1. The van der Waals surface area contributed by atoms with Gasteiger partial charge in [0, 0.05) is 33.3 Å². The van der Waals surface area contributed by atoms with Crippen molar-refractivity contribution in [2.75, 3.05) is 4.72 Å². The predicted octanol–water partition coefficient (Wildman–Crippen LogP) is 3.80. The van der Waals surface area contributed by atoms with Crippen LogP contribution in [-0.4, -0.2) is 13.4 Å². The molecule has 106 valence electrons. The molecule has 21 heavy (non-hydrogen) atoms. The Morgan fingerprint density at radius 2 is 1.86 bits per heavy atom. The molecule has 0 spiro atoms. The second-order valence-electron chi connectivity index (χ2n) is 4.47. The van der Waals surface area contributed by atoms with Crippen molar-refractivity contribution in [1.29, 1.82) is 0 Å². The monoisotopic (exact) mass is 362 g/mol. The van der Waals surface area contributed by atoms with Gasteiger partial charge in [0.25, 0.3) is 10.0 Å². The molecule has 0 radical (unpaired) electrons. The molecule has 3 rings (SSSR count). The van der Waals surface area contributed by atoms with Crippen LogP contribution in [0.25, 0.3) is 10.8 Å². The average molecular weight is 363 g/mol. The fraction of sp³-hybridized carbons (Fsp3) is 0. The first-order valence-electron chi connectivity index (χ1n) is 6.17. The van der Waals surface area contributed by atoms with E-state index in [2.05, 4.69) is 25.6 Å². The van der Waals surface area contributed by atoms with Crippen LogP contribution < -0.4 is 4.72 Å². The third-order valence-electron chi connectivity index (χ3n) is 3.01. The average Bonchev–Trinajstić information content (AvgIpc) is 2.46. The van der Waals surface area contributed by atoms with Gasteiger partial charge in [0.15, 0.2) is 0 Å². The summed E-state index contributed by atoms with van der Waals surface area (Å²) in [6, 6.07) is 13.9. The molecule has 0 unspecified atom stereocenters. The van der Waals surface area contributed by atoms with Gasteiger partial charge in [-0.05, 0) is 30.3 Å². The van der Waals surface area contributed by atoms with Gasteiger partial charge < -0.3 is 0 Å². The van der Waals surface area contributed by atoms with Crippen LogP contribution in [0.3, 0.4) is 0 Å². The van der Waals surface area contributed by atoms with Crippen LogP contribution in [0.4, 0.5) is 5.69 Å². The van der Waals surface area contributed by atoms with Crippen LogP contribution >= 0.6 is 15.9 Å². The highest BCUT2D eigenvalue weighted by molar-refractivity contribution is 9.10. The smallest absolute Gasteiger partial charge is 0.262 e. The van der Waals surface area contributed by atoms with Crippen molar-refractivity contribution >= 4 is 42.4 Å². The van der Waals surface area contributed by atoms with Gasteiger partial charge in [0.2, 0.25) is 0 Å². The van der Waals surface area contributed by atoms with Gasteiger partial charge in [0.05, 0.1) is 4.90 Å². The molecule has 1 aromatic heterocycles. The summed E-state index contributed by atoms with van der Waals surface area (Å²) >= 11 is 3.32. The normalized spacial score (nSPS) is 11.5. The lowest BCUT2D eigenvalue weighted by Crippen LogP contribution is -2.13. The van der Waals surface area contributed by atoms with E-state index in [0.29, 0.717) is 11.1 Å². The van der Waals surface area contributed by atoms with Gasteiger partial charge in [-0.25, -0.2) is 8.42 Å². The van der Waals surface area contributed by atoms with Crippen molar-refractivity contribution in [2.45, 2.75) is 4.90 Å². The number of fused-ring (bicyclic) bond motifs is 1. The highest BCUT2D eigenvalue weighted by atomic mass is 79.9. The highest BCUT2D eigenvalue weighted by Crippen LogP contribution is 2.25. The Labute approximate surface area is 131 Å². The van der Waals surface area contributed by atoms with E-state index in [9.17, 15) is 8.42 Å². The largest absolute Gasteiger partial charge is 0.280 e. The molecule has 0 aliphatic heterocycles. The lowest BCUT2D eigenvalue weighted by atomic mass is 10.2. The maximum atomic E-state index is 12.6. The van der Waals surface area contributed by atoms with Crippen LogP contribution in [0.5, 0.6) is 0 Å². The first-order valence-corrected chi connectivity index (χ1v) is 8.45. The molecule has 0 bridgehead atoms. The van der Waals surface area contributed by atoms with E-state index in [1.54, 1.807) is 48.8 Å². The zero-order valence-corrected chi connectivity index (χ0v) is 13.2. The highest BCUT2D eigenvalue weighted by Gasteiger charge is 2.17. The van der Waals surface area contributed by atoms with Gasteiger partial charge >= 0.3 is 0 Å². The van der Waals surface area contributed by atoms with Crippen molar-refractivity contribution in [1.82, 2.24) is 4.98 Å². The van der Waals surface area contributed by atoms with Crippen LogP contribution in [-0.2, 0) is 10.0 Å². The molecular formula is C15H11BrN2O2S. The summed E-state index contributed by atoms with van der Waals surface area (Å²) in [6.07, 6.45) is 3.23. The van der Waals surface area contributed by atoms with E-state index in [0.717, 1.165) is 9.86 Å². The minimum absolute atomic E-state index is 0.238. The van der Waals surface area contributed by atoms with Gasteiger partial charge in [-0.3, -0.25) is 9.71 Å². The van der Waals surface area contributed by atoms with Crippen molar-refractivity contribution in [2.24, 2.45) is 0 Å². The number of hydrogen-bond acceptors (Lipinski definition) is 3.